The number of carbonyl (C=O) groups excluding carboxylic acids is 1. The molecule has 1 unspecified atom stereocenters. The molecular weight excluding hydrogens is 448 g/mol. The lowest BCUT2D eigenvalue weighted by Crippen LogP contribution is -2.28. The number of hydrogen-bond acceptors (Lipinski definition) is 4. The third kappa shape index (κ3) is 6.09. The third-order valence-electron chi connectivity index (χ3n) is 4.98. The lowest BCUT2D eigenvalue weighted by molar-refractivity contribution is 0.0939. The Morgan fingerprint density at radius 1 is 1.03 bits per heavy atom. The second kappa shape index (κ2) is 10.6. The van der Waals surface area contributed by atoms with E-state index in [9.17, 15) is 13.2 Å². The van der Waals surface area contributed by atoms with Crippen molar-refractivity contribution in [2.24, 2.45) is 0 Å². The maximum Gasteiger partial charge on any atom is 0.251 e. The molecule has 3 aromatic carbocycles. The normalized spacial score (nSPS) is 12.2. The molecule has 1 amide bonds. The molecule has 8 heteroatoms. The average molecular weight is 473 g/mol. The Balaban J connectivity index is 1.74. The van der Waals surface area contributed by atoms with E-state index in [1.54, 1.807) is 12.1 Å². The Kier molecular flexibility index (Phi) is 7.90. The molecule has 32 heavy (non-hydrogen) atoms. The Morgan fingerprint density at radius 2 is 1.72 bits per heavy atom. The topological polar surface area (TPSA) is 84.5 Å². The van der Waals surface area contributed by atoms with Gasteiger partial charge in [-0.05, 0) is 54.8 Å². The number of amides is 1. The van der Waals surface area contributed by atoms with Gasteiger partial charge < -0.3 is 10.1 Å². The largest absolute Gasteiger partial charge is 0.495 e. The quantitative estimate of drug-likeness (QED) is 0.484. The highest BCUT2D eigenvalue weighted by atomic mass is 35.5. The van der Waals surface area contributed by atoms with Crippen LogP contribution in [0.25, 0.3) is 0 Å². The Morgan fingerprint density at radius 3 is 2.38 bits per heavy atom. The van der Waals surface area contributed by atoms with Crippen molar-refractivity contribution in [2.45, 2.75) is 24.3 Å². The molecular formula is C24H25ClN2O4S. The fourth-order valence-corrected chi connectivity index (χ4v) is 4.55. The van der Waals surface area contributed by atoms with Gasteiger partial charge in [0.05, 0.1) is 13.2 Å². The number of hydrogen-bond donors (Lipinski definition) is 2. The minimum Gasteiger partial charge on any atom is -0.495 e. The number of ether oxygens (including phenoxy) is 1. The van der Waals surface area contributed by atoms with Crippen molar-refractivity contribution < 1.29 is 17.9 Å². The van der Waals surface area contributed by atoms with Gasteiger partial charge in [0.2, 0.25) is 10.0 Å². The molecule has 0 aliphatic rings. The highest BCUT2D eigenvalue weighted by Gasteiger charge is 2.22. The van der Waals surface area contributed by atoms with E-state index in [1.165, 1.54) is 25.3 Å². The fraction of sp³-hybridized carbons (Fsp3) is 0.208. The standard InChI is InChI=1S/C24H25ClN2O4S/c1-17(19-8-11-21(25)12-9-19)27-24(28)20-10-13-22(31-2)23(16-20)32(29,30)26-15-14-18-6-4-3-5-7-18/h3-13,16-17,26H,14-15H2,1-2H3,(H,27,28). The second-order valence-electron chi connectivity index (χ2n) is 7.25. The minimum atomic E-state index is -3.88. The van der Waals surface area contributed by atoms with Crippen LogP contribution in [0.4, 0.5) is 0 Å². The maximum absolute atomic E-state index is 12.9. The highest BCUT2D eigenvalue weighted by Crippen LogP contribution is 2.25. The van der Waals surface area contributed by atoms with E-state index in [4.69, 9.17) is 16.3 Å². The summed E-state index contributed by atoms with van der Waals surface area (Å²) in [4.78, 5) is 12.7. The van der Waals surface area contributed by atoms with Gasteiger partial charge in [0.15, 0.2) is 0 Å². The zero-order chi connectivity index (χ0) is 23.1. The summed E-state index contributed by atoms with van der Waals surface area (Å²) in [5.41, 5.74) is 2.12. The zero-order valence-corrected chi connectivity index (χ0v) is 19.4. The second-order valence-corrected chi connectivity index (χ2v) is 9.42. The first-order valence-corrected chi connectivity index (χ1v) is 11.9. The SMILES string of the molecule is COc1ccc(C(=O)NC(C)c2ccc(Cl)cc2)cc1S(=O)(=O)NCCc1ccccc1. The van der Waals surface area contributed by atoms with Crippen LogP contribution in [-0.2, 0) is 16.4 Å². The summed E-state index contributed by atoms with van der Waals surface area (Å²) < 4.78 is 33.6. The first-order valence-electron chi connectivity index (χ1n) is 10.1. The summed E-state index contributed by atoms with van der Waals surface area (Å²) >= 11 is 5.92. The summed E-state index contributed by atoms with van der Waals surface area (Å²) in [5, 5.41) is 3.48. The number of halogens is 1. The highest BCUT2D eigenvalue weighted by molar-refractivity contribution is 7.89. The van der Waals surface area contributed by atoms with E-state index in [-0.39, 0.29) is 28.8 Å². The number of benzene rings is 3. The molecule has 0 aliphatic carbocycles. The van der Waals surface area contributed by atoms with Crippen molar-refractivity contribution in [1.29, 1.82) is 0 Å². The molecule has 0 radical (unpaired) electrons. The molecule has 0 aliphatic heterocycles. The lowest BCUT2D eigenvalue weighted by Gasteiger charge is -2.16. The van der Waals surface area contributed by atoms with Gasteiger partial charge in [-0.15, -0.1) is 0 Å². The number of sulfonamides is 1. The predicted molar refractivity (Wildman–Crippen MR) is 126 cm³/mol. The molecule has 0 spiro atoms. The van der Waals surface area contributed by atoms with Gasteiger partial charge in [0.1, 0.15) is 10.6 Å². The lowest BCUT2D eigenvalue weighted by atomic mass is 10.1. The fourth-order valence-electron chi connectivity index (χ4n) is 3.19. The zero-order valence-electron chi connectivity index (χ0n) is 17.8. The van der Waals surface area contributed by atoms with Crippen LogP contribution in [0, 0.1) is 0 Å². The summed E-state index contributed by atoms with van der Waals surface area (Å²) in [7, 11) is -2.49. The summed E-state index contributed by atoms with van der Waals surface area (Å²) in [6, 6.07) is 20.8. The van der Waals surface area contributed by atoms with E-state index < -0.39 is 15.9 Å². The number of carbonyl (C=O) groups is 1. The first-order chi connectivity index (χ1) is 15.3. The molecule has 0 heterocycles. The Labute approximate surface area is 193 Å². The van der Waals surface area contributed by atoms with Crippen LogP contribution in [0.5, 0.6) is 5.75 Å². The molecule has 3 aromatic rings. The van der Waals surface area contributed by atoms with Crippen LogP contribution in [-0.4, -0.2) is 28.0 Å². The van der Waals surface area contributed by atoms with Crippen LogP contribution >= 0.6 is 11.6 Å². The van der Waals surface area contributed by atoms with Crippen molar-refractivity contribution in [3.63, 3.8) is 0 Å². The summed E-state index contributed by atoms with van der Waals surface area (Å²) in [6.07, 6.45) is 0.543. The predicted octanol–water partition coefficient (Wildman–Crippen LogP) is 4.36. The van der Waals surface area contributed by atoms with Crippen molar-refractivity contribution in [3.8, 4) is 5.75 Å². The number of methoxy groups -OCH3 is 1. The van der Waals surface area contributed by atoms with Crippen molar-refractivity contribution in [1.82, 2.24) is 10.0 Å². The molecule has 2 N–H and O–H groups in total. The van der Waals surface area contributed by atoms with Gasteiger partial charge in [0.25, 0.3) is 5.91 Å². The molecule has 0 fully saturated rings. The van der Waals surface area contributed by atoms with Gasteiger partial charge in [-0.1, -0.05) is 54.1 Å². The van der Waals surface area contributed by atoms with Gasteiger partial charge in [-0.3, -0.25) is 4.79 Å². The molecule has 0 saturated heterocycles. The van der Waals surface area contributed by atoms with Gasteiger partial charge in [-0.25, -0.2) is 13.1 Å². The van der Waals surface area contributed by atoms with Crippen LogP contribution in [0.2, 0.25) is 5.02 Å². The molecule has 0 aromatic heterocycles. The van der Waals surface area contributed by atoms with Crippen LogP contribution < -0.4 is 14.8 Å². The van der Waals surface area contributed by atoms with E-state index in [2.05, 4.69) is 10.0 Å². The van der Waals surface area contributed by atoms with Crippen molar-refractivity contribution >= 4 is 27.5 Å². The first kappa shape index (κ1) is 23.8. The average Bonchev–Trinajstić information content (AvgIpc) is 2.79. The van der Waals surface area contributed by atoms with Crippen molar-refractivity contribution in [2.75, 3.05) is 13.7 Å². The summed E-state index contributed by atoms with van der Waals surface area (Å²) in [6.45, 7) is 2.06. The maximum atomic E-state index is 12.9. The molecule has 0 saturated carbocycles. The molecule has 168 valence electrons. The molecule has 3 rings (SSSR count). The van der Waals surface area contributed by atoms with E-state index >= 15 is 0 Å². The van der Waals surface area contributed by atoms with Gasteiger partial charge >= 0.3 is 0 Å². The number of rotatable bonds is 9. The minimum absolute atomic E-state index is 0.0835. The summed E-state index contributed by atoms with van der Waals surface area (Å²) in [5.74, 6) is -0.227. The van der Waals surface area contributed by atoms with E-state index in [0.717, 1.165) is 11.1 Å². The molecule has 6 nitrogen and oxygen atoms in total. The van der Waals surface area contributed by atoms with E-state index in [0.29, 0.717) is 11.4 Å². The van der Waals surface area contributed by atoms with E-state index in [1.807, 2.05) is 49.4 Å². The smallest absolute Gasteiger partial charge is 0.251 e. The monoisotopic (exact) mass is 472 g/mol. The Bertz CT molecular complexity index is 1170. The van der Waals surface area contributed by atoms with Gasteiger partial charge in [0, 0.05) is 17.1 Å². The molecule has 0 bridgehead atoms. The van der Waals surface area contributed by atoms with Crippen LogP contribution in [0.15, 0.2) is 77.7 Å². The Hall–Kier alpha value is -2.87. The number of nitrogens with one attached hydrogen (secondary N) is 2. The van der Waals surface area contributed by atoms with Crippen LogP contribution in [0.1, 0.15) is 34.5 Å². The van der Waals surface area contributed by atoms with Crippen molar-refractivity contribution in [3.05, 3.63) is 94.5 Å². The molecule has 1 atom stereocenters. The van der Waals surface area contributed by atoms with Gasteiger partial charge in [-0.2, -0.15) is 0 Å². The van der Waals surface area contributed by atoms with Crippen LogP contribution in [0.3, 0.4) is 0 Å². The third-order valence-corrected chi connectivity index (χ3v) is 6.72.